The highest BCUT2D eigenvalue weighted by Crippen LogP contribution is 2.10. The number of hydrogen-bond donors (Lipinski definition) is 4. The monoisotopic (exact) mass is 347 g/mol. The number of H-pyrrole nitrogens is 2. The van der Waals surface area contributed by atoms with Gasteiger partial charge < -0.3 is 15.0 Å². The molecule has 0 aliphatic carbocycles. The fraction of sp³-hybridized carbons (Fsp3) is 0.200. The lowest BCUT2D eigenvalue weighted by Gasteiger charge is -2.07. The first-order chi connectivity index (χ1) is 11.5. The van der Waals surface area contributed by atoms with Gasteiger partial charge in [-0.3, -0.25) is 15.2 Å². The van der Waals surface area contributed by atoms with E-state index in [0.29, 0.717) is 17.4 Å². The normalized spacial score (nSPS) is 10.6. The molecule has 4 N–H and O–H groups in total. The van der Waals surface area contributed by atoms with Gasteiger partial charge in [-0.1, -0.05) is 12.1 Å². The zero-order chi connectivity index (χ0) is 17.5. The number of nitrogens with one attached hydrogen (secondary N) is 4. The van der Waals surface area contributed by atoms with Crippen LogP contribution in [0.25, 0.3) is 0 Å². The molecule has 2 rings (SSSR count). The molecule has 0 bridgehead atoms. The SMILES string of the molecule is COc1ccc(CNC(=S)N/N=C/c2c(C)[nH]c(=O)[nH]c2=O)cc1. The third-order valence-corrected chi connectivity index (χ3v) is 3.38. The van der Waals surface area contributed by atoms with Gasteiger partial charge in [0.05, 0.1) is 18.9 Å². The molecule has 0 saturated carbocycles. The smallest absolute Gasteiger partial charge is 0.325 e. The van der Waals surface area contributed by atoms with Gasteiger partial charge in [-0.25, -0.2) is 4.79 Å². The first-order valence-corrected chi connectivity index (χ1v) is 7.43. The second kappa shape index (κ2) is 8.06. The number of methoxy groups -OCH3 is 1. The van der Waals surface area contributed by atoms with Crippen LogP contribution in [0.1, 0.15) is 16.8 Å². The maximum Gasteiger partial charge on any atom is 0.325 e. The molecule has 0 atom stereocenters. The first kappa shape index (κ1) is 17.4. The van der Waals surface area contributed by atoms with Crippen LogP contribution in [0.4, 0.5) is 0 Å². The van der Waals surface area contributed by atoms with Crippen molar-refractivity contribution < 1.29 is 4.74 Å². The van der Waals surface area contributed by atoms with E-state index in [0.717, 1.165) is 11.3 Å². The molecule has 8 nitrogen and oxygen atoms in total. The summed E-state index contributed by atoms with van der Waals surface area (Å²) in [7, 11) is 1.61. The minimum atomic E-state index is -0.556. The molecule has 0 radical (unpaired) electrons. The van der Waals surface area contributed by atoms with Crippen LogP contribution in [-0.2, 0) is 6.54 Å². The van der Waals surface area contributed by atoms with E-state index in [9.17, 15) is 9.59 Å². The molecule has 0 spiro atoms. The van der Waals surface area contributed by atoms with Crippen LogP contribution in [0, 0.1) is 6.92 Å². The van der Waals surface area contributed by atoms with Crippen LogP contribution in [0.3, 0.4) is 0 Å². The van der Waals surface area contributed by atoms with E-state index in [2.05, 4.69) is 25.8 Å². The number of nitrogens with zero attached hydrogens (tertiary/aromatic N) is 1. The standard InChI is InChI=1S/C15H17N5O3S/c1-9-12(13(21)19-14(22)18-9)8-17-20-15(24)16-7-10-3-5-11(23-2)6-4-10/h3-6,8H,7H2,1-2H3,(H2,16,20,24)(H2,18,19,21,22)/b17-8+. The number of hydrogen-bond acceptors (Lipinski definition) is 5. The van der Waals surface area contributed by atoms with Gasteiger partial charge in [0.2, 0.25) is 0 Å². The summed E-state index contributed by atoms with van der Waals surface area (Å²) in [5, 5.41) is 7.18. The Morgan fingerprint density at radius 2 is 2.00 bits per heavy atom. The molecule has 1 aromatic carbocycles. The summed E-state index contributed by atoms with van der Waals surface area (Å²) < 4.78 is 5.09. The van der Waals surface area contributed by atoms with E-state index in [-0.39, 0.29) is 5.56 Å². The van der Waals surface area contributed by atoms with Crippen LogP contribution < -0.4 is 26.7 Å². The fourth-order valence-electron chi connectivity index (χ4n) is 1.89. The van der Waals surface area contributed by atoms with Crippen molar-refractivity contribution in [3.63, 3.8) is 0 Å². The Bertz CT molecular complexity index is 855. The minimum Gasteiger partial charge on any atom is -0.497 e. The molecule has 126 valence electrons. The molecule has 0 unspecified atom stereocenters. The molecule has 1 aromatic heterocycles. The molecule has 0 fully saturated rings. The maximum atomic E-state index is 11.6. The Hall–Kier alpha value is -2.94. The van der Waals surface area contributed by atoms with Gasteiger partial charge in [0, 0.05) is 12.2 Å². The molecular formula is C15H17N5O3S. The first-order valence-electron chi connectivity index (χ1n) is 7.02. The third kappa shape index (κ3) is 4.78. The molecule has 0 aliphatic rings. The number of ether oxygens (including phenoxy) is 1. The van der Waals surface area contributed by atoms with E-state index in [1.807, 2.05) is 24.3 Å². The zero-order valence-electron chi connectivity index (χ0n) is 13.2. The fourth-order valence-corrected chi connectivity index (χ4v) is 2.01. The number of rotatable bonds is 5. The van der Waals surface area contributed by atoms with Crippen molar-refractivity contribution in [2.75, 3.05) is 7.11 Å². The molecule has 1 heterocycles. The van der Waals surface area contributed by atoms with Crippen LogP contribution in [0.2, 0.25) is 0 Å². The lowest BCUT2D eigenvalue weighted by molar-refractivity contribution is 0.414. The van der Waals surface area contributed by atoms with Crippen LogP contribution >= 0.6 is 12.2 Å². The highest BCUT2D eigenvalue weighted by Gasteiger charge is 2.02. The van der Waals surface area contributed by atoms with E-state index < -0.39 is 11.2 Å². The second-order valence-electron chi connectivity index (χ2n) is 4.85. The summed E-state index contributed by atoms with van der Waals surface area (Å²) in [6.45, 7) is 2.13. The molecule has 0 saturated heterocycles. The maximum absolute atomic E-state index is 11.6. The molecule has 0 aliphatic heterocycles. The topological polar surface area (TPSA) is 111 Å². The Balaban J connectivity index is 1.89. The molecule has 24 heavy (non-hydrogen) atoms. The van der Waals surface area contributed by atoms with Crippen molar-refractivity contribution in [1.82, 2.24) is 20.7 Å². The van der Waals surface area contributed by atoms with Crippen molar-refractivity contribution in [1.29, 1.82) is 0 Å². The summed E-state index contributed by atoms with van der Waals surface area (Å²) >= 11 is 5.10. The lowest BCUT2D eigenvalue weighted by Crippen LogP contribution is -2.32. The van der Waals surface area contributed by atoms with Crippen molar-refractivity contribution in [3.05, 3.63) is 61.9 Å². The van der Waals surface area contributed by atoms with E-state index in [1.54, 1.807) is 14.0 Å². The lowest BCUT2D eigenvalue weighted by atomic mass is 10.2. The number of aromatic amines is 2. The zero-order valence-corrected chi connectivity index (χ0v) is 14.0. The molecule has 0 amide bonds. The van der Waals surface area contributed by atoms with Gasteiger partial charge in [-0.15, -0.1) is 0 Å². The van der Waals surface area contributed by atoms with Crippen LogP contribution in [0.15, 0.2) is 39.0 Å². The van der Waals surface area contributed by atoms with Gasteiger partial charge in [0.15, 0.2) is 5.11 Å². The molecular weight excluding hydrogens is 330 g/mol. The Morgan fingerprint density at radius 1 is 1.29 bits per heavy atom. The quantitative estimate of drug-likeness (QED) is 0.353. The summed E-state index contributed by atoms with van der Waals surface area (Å²) in [5.41, 5.74) is 3.24. The van der Waals surface area contributed by atoms with Crippen LogP contribution in [0.5, 0.6) is 5.75 Å². The highest BCUT2D eigenvalue weighted by molar-refractivity contribution is 7.80. The van der Waals surface area contributed by atoms with Gasteiger partial charge in [-0.05, 0) is 36.8 Å². The van der Waals surface area contributed by atoms with Crippen molar-refractivity contribution in [2.45, 2.75) is 13.5 Å². The van der Waals surface area contributed by atoms with Gasteiger partial charge >= 0.3 is 5.69 Å². The predicted molar refractivity (Wildman–Crippen MR) is 95.6 cm³/mol. The van der Waals surface area contributed by atoms with Crippen LogP contribution in [-0.4, -0.2) is 28.4 Å². The Morgan fingerprint density at radius 3 is 2.62 bits per heavy atom. The summed E-state index contributed by atoms with van der Waals surface area (Å²) in [5.74, 6) is 0.783. The summed E-state index contributed by atoms with van der Waals surface area (Å²) in [4.78, 5) is 27.4. The number of benzene rings is 1. The summed E-state index contributed by atoms with van der Waals surface area (Å²) in [6, 6.07) is 7.55. The molecule has 2 aromatic rings. The largest absolute Gasteiger partial charge is 0.497 e. The van der Waals surface area contributed by atoms with Gasteiger partial charge in [0.1, 0.15) is 5.75 Å². The number of thiocarbonyl (C=S) groups is 1. The second-order valence-corrected chi connectivity index (χ2v) is 5.26. The van der Waals surface area contributed by atoms with E-state index >= 15 is 0 Å². The van der Waals surface area contributed by atoms with Crippen molar-refractivity contribution in [2.24, 2.45) is 5.10 Å². The van der Waals surface area contributed by atoms with E-state index in [4.69, 9.17) is 17.0 Å². The minimum absolute atomic E-state index is 0.250. The predicted octanol–water partition coefficient (Wildman–Crippen LogP) is 0.378. The number of hydrazone groups is 1. The highest BCUT2D eigenvalue weighted by atomic mass is 32.1. The third-order valence-electron chi connectivity index (χ3n) is 3.15. The molecule has 9 heteroatoms. The van der Waals surface area contributed by atoms with Crippen molar-refractivity contribution in [3.8, 4) is 5.75 Å². The number of aryl methyl sites for hydroxylation is 1. The Labute approximate surface area is 143 Å². The van der Waals surface area contributed by atoms with Gasteiger partial charge in [0.25, 0.3) is 5.56 Å². The van der Waals surface area contributed by atoms with Gasteiger partial charge in [-0.2, -0.15) is 5.10 Å². The van der Waals surface area contributed by atoms with E-state index in [1.165, 1.54) is 6.21 Å². The Kier molecular flexibility index (Phi) is 5.85. The summed E-state index contributed by atoms with van der Waals surface area (Å²) in [6.07, 6.45) is 1.30. The number of aromatic nitrogens is 2. The average molecular weight is 347 g/mol. The average Bonchev–Trinajstić information content (AvgIpc) is 2.55. The van der Waals surface area contributed by atoms with Crippen molar-refractivity contribution >= 4 is 23.5 Å².